The standard InChI is InChI=1S/C17H21NO4/c1-4-14(19)11-7-8-13-12(10-11)17(2,3)16(22)18(13)9-5-6-15(20)21/h7-8,10H,4-6,9H2,1-3H3,(H,20,21). The van der Waals surface area contributed by atoms with Crippen LogP contribution < -0.4 is 4.90 Å². The molecule has 0 radical (unpaired) electrons. The molecular weight excluding hydrogens is 282 g/mol. The Kier molecular flexibility index (Phi) is 4.35. The minimum Gasteiger partial charge on any atom is -0.481 e. The molecule has 0 spiro atoms. The van der Waals surface area contributed by atoms with E-state index in [-0.39, 0.29) is 18.1 Å². The number of carboxylic acids is 1. The van der Waals surface area contributed by atoms with Gasteiger partial charge in [-0.1, -0.05) is 6.92 Å². The highest BCUT2D eigenvalue weighted by atomic mass is 16.4. The summed E-state index contributed by atoms with van der Waals surface area (Å²) < 4.78 is 0. The Morgan fingerprint density at radius 2 is 1.95 bits per heavy atom. The Hall–Kier alpha value is -2.17. The first-order valence-electron chi connectivity index (χ1n) is 7.50. The summed E-state index contributed by atoms with van der Waals surface area (Å²) in [7, 11) is 0. The first-order valence-corrected chi connectivity index (χ1v) is 7.50. The van der Waals surface area contributed by atoms with Gasteiger partial charge in [0.15, 0.2) is 5.78 Å². The van der Waals surface area contributed by atoms with E-state index < -0.39 is 11.4 Å². The van der Waals surface area contributed by atoms with Crippen LogP contribution in [-0.2, 0) is 15.0 Å². The highest BCUT2D eigenvalue weighted by Gasteiger charge is 2.43. The van der Waals surface area contributed by atoms with Crippen LogP contribution in [0.1, 0.15) is 56.0 Å². The van der Waals surface area contributed by atoms with Gasteiger partial charge in [-0.25, -0.2) is 0 Å². The smallest absolute Gasteiger partial charge is 0.303 e. The first-order chi connectivity index (χ1) is 10.3. The number of hydrogen-bond donors (Lipinski definition) is 1. The molecule has 1 aromatic carbocycles. The monoisotopic (exact) mass is 303 g/mol. The van der Waals surface area contributed by atoms with E-state index in [4.69, 9.17) is 5.11 Å². The Labute approximate surface area is 129 Å². The van der Waals surface area contributed by atoms with E-state index in [0.717, 1.165) is 11.3 Å². The number of benzene rings is 1. The predicted molar refractivity (Wildman–Crippen MR) is 83.3 cm³/mol. The number of ketones is 1. The van der Waals surface area contributed by atoms with E-state index in [2.05, 4.69) is 0 Å². The minimum atomic E-state index is -0.866. The van der Waals surface area contributed by atoms with Crippen LogP contribution in [0.3, 0.4) is 0 Å². The normalized spacial score (nSPS) is 15.8. The van der Waals surface area contributed by atoms with Crippen molar-refractivity contribution < 1.29 is 19.5 Å². The number of carboxylic acid groups (broad SMARTS) is 1. The van der Waals surface area contributed by atoms with E-state index in [1.807, 2.05) is 20.8 Å². The quantitative estimate of drug-likeness (QED) is 0.820. The number of amides is 1. The SMILES string of the molecule is CCC(=O)c1ccc2c(c1)C(C)(C)C(=O)N2CCCC(=O)O. The molecule has 1 amide bonds. The second-order valence-electron chi connectivity index (χ2n) is 6.09. The Balaban J connectivity index is 2.33. The van der Waals surface area contributed by atoms with Crippen molar-refractivity contribution in [2.75, 3.05) is 11.4 Å². The van der Waals surface area contributed by atoms with Gasteiger partial charge in [0, 0.05) is 30.6 Å². The van der Waals surface area contributed by atoms with E-state index in [1.165, 1.54) is 0 Å². The second-order valence-corrected chi connectivity index (χ2v) is 6.09. The van der Waals surface area contributed by atoms with Crippen LogP contribution in [-0.4, -0.2) is 29.3 Å². The zero-order valence-corrected chi connectivity index (χ0v) is 13.2. The average molecular weight is 303 g/mol. The molecule has 1 N–H and O–H groups in total. The van der Waals surface area contributed by atoms with Gasteiger partial charge in [0.1, 0.15) is 0 Å². The zero-order valence-electron chi connectivity index (χ0n) is 13.2. The van der Waals surface area contributed by atoms with Crippen LogP contribution in [0.2, 0.25) is 0 Å². The second kappa shape index (κ2) is 5.91. The van der Waals surface area contributed by atoms with Crippen molar-refractivity contribution in [2.24, 2.45) is 0 Å². The lowest BCUT2D eigenvalue weighted by molar-refractivity contribution is -0.137. The van der Waals surface area contributed by atoms with Gasteiger partial charge in [-0.05, 0) is 44.0 Å². The third kappa shape index (κ3) is 2.75. The Morgan fingerprint density at radius 1 is 1.27 bits per heavy atom. The van der Waals surface area contributed by atoms with Crippen molar-refractivity contribution >= 4 is 23.3 Å². The lowest BCUT2D eigenvalue weighted by atomic mass is 9.85. The van der Waals surface area contributed by atoms with Crippen molar-refractivity contribution in [3.8, 4) is 0 Å². The number of anilines is 1. The molecule has 0 saturated carbocycles. The molecule has 0 bridgehead atoms. The van der Waals surface area contributed by atoms with E-state index in [0.29, 0.717) is 24.9 Å². The Morgan fingerprint density at radius 3 is 2.55 bits per heavy atom. The predicted octanol–water partition coefficient (Wildman–Crippen LogP) is 2.77. The lowest BCUT2D eigenvalue weighted by Crippen LogP contribution is -2.36. The van der Waals surface area contributed by atoms with Crippen molar-refractivity contribution in [1.29, 1.82) is 0 Å². The van der Waals surface area contributed by atoms with Crippen molar-refractivity contribution in [3.63, 3.8) is 0 Å². The highest BCUT2D eigenvalue weighted by molar-refractivity contribution is 6.08. The number of nitrogens with zero attached hydrogens (tertiary/aromatic N) is 1. The third-order valence-corrected chi connectivity index (χ3v) is 4.16. The van der Waals surface area contributed by atoms with Crippen LogP contribution >= 0.6 is 0 Å². The first kappa shape index (κ1) is 16.2. The average Bonchev–Trinajstić information content (AvgIpc) is 2.66. The number of fused-ring (bicyclic) bond motifs is 1. The number of aliphatic carboxylic acids is 1. The summed E-state index contributed by atoms with van der Waals surface area (Å²) in [6.07, 6.45) is 0.869. The van der Waals surface area contributed by atoms with Crippen molar-refractivity contribution in [1.82, 2.24) is 0 Å². The van der Waals surface area contributed by atoms with Crippen molar-refractivity contribution in [3.05, 3.63) is 29.3 Å². The van der Waals surface area contributed by atoms with Gasteiger partial charge < -0.3 is 10.0 Å². The van der Waals surface area contributed by atoms with Crippen LogP contribution in [0.5, 0.6) is 0 Å². The molecule has 2 rings (SSSR count). The van der Waals surface area contributed by atoms with E-state index in [9.17, 15) is 14.4 Å². The van der Waals surface area contributed by atoms with Crippen LogP contribution in [0.4, 0.5) is 5.69 Å². The largest absolute Gasteiger partial charge is 0.481 e. The summed E-state index contributed by atoms with van der Waals surface area (Å²) >= 11 is 0. The van der Waals surface area contributed by atoms with E-state index in [1.54, 1.807) is 23.1 Å². The fraction of sp³-hybridized carbons (Fsp3) is 0.471. The summed E-state index contributed by atoms with van der Waals surface area (Å²) in [6.45, 7) is 5.86. The highest BCUT2D eigenvalue weighted by Crippen LogP contribution is 2.42. The number of hydrogen-bond acceptors (Lipinski definition) is 3. The van der Waals surface area contributed by atoms with E-state index >= 15 is 0 Å². The van der Waals surface area contributed by atoms with Gasteiger partial charge in [0.2, 0.25) is 5.91 Å². The minimum absolute atomic E-state index is 0.0337. The molecule has 1 aromatic rings. The molecule has 0 fully saturated rings. The molecule has 1 heterocycles. The van der Waals surface area contributed by atoms with Gasteiger partial charge in [0.05, 0.1) is 5.41 Å². The number of carbonyl (C=O) groups excluding carboxylic acids is 2. The molecule has 5 heteroatoms. The molecule has 0 unspecified atom stereocenters. The van der Waals surface area contributed by atoms with Crippen LogP contribution in [0.25, 0.3) is 0 Å². The number of Topliss-reactive ketones (excluding diaryl/α,β-unsaturated/α-hetero) is 1. The molecule has 0 atom stereocenters. The molecule has 22 heavy (non-hydrogen) atoms. The maximum Gasteiger partial charge on any atom is 0.303 e. The molecule has 0 aromatic heterocycles. The summed E-state index contributed by atoms with van der Waals surface area (Å²) in [6, 6.07) is 5.34. The maximum atomic E-state index is 12.6. The van der Waals surface area contributed by atoms with Gasteiger partial charge in [0.25, 0.3) is 0 Å². The number of rotatable bonds is 6. The van der Waals surface area contributed by atoms with Crippen LogP contribution in [0, 0.1) is 0 Å². The van der Waals surface area contributed by atoms with Crippen molar-refractivity contribution in [2.45, 2.75) is 45.4 Å². The number of carbonyl (C=O) groups is 3. The topological polar surface area (TPSA) is 74.7 Å². The van der Waals surface area contributed by atoms with Crippen LogP contribution in [0.15, 0.2) is 18.2 Å². The van der Waals surface area contributed by atoms with Gasteiger partial charge in [-0.15, -0.1) is 0 Å². The molecule has 1 aliphatic heterocycles. The van der Waals surface area contributed by atoms with Gasteiger partial charge in [-0.3, -0.25) is 14.4 Å². The molecular formula is C17H21NO4. The maximum absolute atomic E-state index is 12.6. The molecule has 0 saturated heterocycles. The van der Waals surface area contributed by atoms with Gasteiger partial charge >= 0.3 is 5.97 Å². The summed E-state index contributed by atoms with van der Waals surface area (Å²) in [5.74, 6) is -0.862. The third-order valence-electron chi connectivity index (χ3n) is 4.16. The fourth-order valence-corrected chi connectivity index (χ4v) is 2.82. The molecule has 1 aliphatic rings. The molecule has 0 aliphatic carbocycles. The Bertz CT molecular complexity index is 634. The van der Waals surface area contributed by atoms with Gasteiger partial charge in [-0.2, -0.15) is 0 Å². The lowest BCUT2D eigenvalue weighted by Gasteiger charge is -2.20. The summed E-state index contributed by atoms with van der Waals surface area (Å²) in [4.78, 5) is 36.8. The zero-order chi connectivity index (χ0) is 16.5. The summed E-state index contributed by atoms with van der Waals surface area (Å²) in [5.41, 5.74) is 1.55. The molecule has 5 nitrogen and oxygen atoms in total. The molecule has 118 valence electrons. The summed E-state index contributed by atoms with van der Waals surface area (Å²) in [5, 5.41) is 8.73. The fourth-order valence-electron chi connectivity index (χ4n) is 2.82.